The summed E-state index contributed by atoms with van der Waals surface area (Å²) in [5, 5.41) is 2.79. The summed E-state index contributed by atoms with van der Waals surface area (Å²) in [6.07, 6.45) is 0.522. The molecule has 0 saturated heterocycles. The Hall–Kier alpha value is -2.38. The predicted octanol–water partition coefficient (Wildman–Crippen LogP) is 2.70. The number of hydrogen-bond acceptors (Lipinski definition) is 4. The number of sulfonamides is 1. The van der Waals surface area contributed by atoms with Crippen molar-refractivity contribution in [2.45, 2.75) is 25.2 Å². The van der Waals surface area contributed by atoms with E-state index in [4.69, 9.17) is 4.74 Å². The topological polar surface area (TPSA) is 75.7 Å². The molecule has 6 nitrogen and oxygen atoms in total. The number of ether oxygens (including phenoxy) is 1. The van der Waals surface area contributed by atoms with Gasteiger partial charge in [-0.25, -0.2) is 8.42 Å². The average molecular weight is 405 g/mol. The molecular formula is C21H28N2O4S. The van der Waals surface area contributed by atoms with Crippen LogP contribution in [-0.4, -0.2) is 45.4 Å². The van der Waals surface area contributed by atoms with Crippen LogP contribution in [0.3, 0.4) is 0 Å². The zero-order valence-corrected chi connectivity index (χ0v) is 17.4. The van der Waals surface area contributed by atoms with Gasteiger partial charge in [-0.05, 0) is 42.2 Å². The lowest BCUT2D eigenvalue weighted by atomic mass is 10.1. The second kappa shape index (κ2) is 10.2. The first kappa shape index (κ1) is 21.9. The predicted molar refractivity (Wildman–Crippen MR) is 110 cm³/mol. The summed E-state index contributed by atoms with van der Waals surface area (Å²) in [5.74, 6) is 0.559. The van der Waals surface area contributed by atoms with Gasteiger partial charge >= 0.3 is 0 Å². The highest BCUT2D eigenvalue weighted by Crippen LogP contribution is 2.20. The highest BCUT2D eigenvalue weighted by Gasteiger charge is 2.26. The molecule has 0 bridgehead atoms. The fourth-order valence-corrected chi connectivity index (χ4v) is 4.01. The largest absolute Gasteiger partial charge is 0.497 e. The maximum Gasteiger partial charge on any atom is 0.243 e. The fraction of sp³-hybridized carbons (Fsp3) is 0.381. The summed E-state index contributed by atoms with van der Waals surface area (Å²) in [5.41, 5.74) is 1.01. The lowest BCUT2D eigenvalue weighted by molar-refractivity contribution is -0.121. The minimum atomic E-state index is -3.81. The van der Waals surface area contributed by atoms with Crippen molar-refractivity contribution < 1.29 is 17.9 Å². The highest BCUT2D eigenvalue weighted by atomic mass is 32.2. The number of nitrogens with one attached hydrogen (secondary N) is 1. The Labute approximate surface area is 167 Å². The third-order valence-corrected chi connectivity index (χ3v) is 6.08. The Balaban J connectivity index is 2.20. The molecule has 0 unspecified atom stereocenters. The third kappa shape index (κ3) is 6.35. The van der Waals surface area contributed by atoms with Crippen molar-refractivity contribution in [3.05, 3.63) is 60.2 Å². The first-order valence-corrected chi connectivity index (χ1v) is 10.7. The van der Waals surface area contributed by atoms with E-state index in [2.05, 4.69) is 5.32 Å². The number of carbonyl (C=O) groups excluding carboxylic acids is 1. The fourth-order valence-electron chi connectivity index (χ4n) is 2.61. The molecule has 0 fully saturated rings. The van der Waals surface area contributed by atoms with Gasteiger partial charge in [0.25, 0.3) is 0 Å². The lowest BCUT2D eigenvalue weighted by Gasteiger charge is -2.22. The molecule has 0 spiro atoms. The molecule has 0 saturated carbocycles. The minimum absolute atomic E-state index is 0.137. The molecule has 2 aromatic rings. The average Bonchev–Trinajstić information content (AvgIpc) is 2.70. The van der Waals surface area contributed by atoms with Crippen LogP contribution in [0, 0.1) is 5.92 Å². The molecule has 152 valence electrons. The van der Waals surface area contributed by atoms with E-state index in [1.165, 1.54) is 23.5 Å². The van der Waals surface area contributed by atoms with Crippen LogP contribution in [0.25, 0.3) is 0 Å². The van der Waals surface area contributed by atoms with Gasteiger partial charge in [0, 0.05) is 13.1 Å². The Morgan fingerprint density at radius 1 is 1.07 bits per heavy atom. The Morgan fingerprint density at radius 2 is 1.71 bits per heavy atom. The molecule has 0 atom stereocenters. The molecule has 28 heavy (non-hydrogen) atoms. The van der Waals surface area contributed by atoms with E-state index in [0.29, 0.717) is 24.6 Å². The number of methoxy groups -OCH3 is 1. The van der Waals surface area contributed by atoms with Crippen molar-refractivity contribution in [1.29, 1.82) is 0 Å². The standard InChI is InChI=1S/C21H28N2O4S/c1-17(2)15-22-21(24)16-23(14-13-18-7-5-4-6-8-18)28(25,26)20-11-9-19(27-3)10-12-20/h4-12,17H,13-16H2,1-3H3,(H,22,24). The summed E-state index contributed by atoms with van der Waals surface area (Å²) in [7, 11) is -2.29. The van der Waals surface area contributed by atoms with Crippen LogP contribution in [-0.2, 0) is 21.2 Å². The number of rotatable bonds is 10. The SMILES string of the molecule is COc1ccc(S(=O)(=O)N(CCc2ccccc2)CC(=O)NCC(C)C)cc1. The van der Waals surface area contributed by atoms with E-state index in [1.807, 2.05) is 44.2 Å². The second-order valence-corrected chi connectivity index (χ2v) is 8.89. The zero-order valence-electron chi connectivity index (χ0n) is 16.6. The molecule has 1 N–H and O–H groups in total. The number of benzene rings is 2. The van der Waals surface area contributed by atoms with Gasteiger partial charge < -0.3 is 10.1 Å². The molecule has 0 aromatic heterocycles. The molecular weight excluding hydrogens is 376 g/mol. The van der Waals surface area contributed by atoms with E-state index in [9.17, 15) is 13.2 Å². The van der Waals surface area contributed by atoms with Crippen molar-refractivity contribution >= 4 is 15.9 Å². The Bertz CT molecular complexity index is 850. The number of hydrogen-bond donors (Lipinski definition) is 1. The molecule has 2 aromatic carbocycles. The van der Waals surface area contributed by atoms with Crippen molar-refractivity contribution in [2.24, 2.45) is 5.92 Å². The molecule has 0 radical (unpaired) electrons. The minimum Gasteiger partial charge on any atom is -0.497 e. The van der Waals surface area contributed by atoms with Crippen LogP contribution in [0.15, 0.2) is 59.5 Å². The van der Waals surface area contributed by atoms with Gasteiger partial charge in [0.15, 0.2) is 0 Å². The summed E-state index contributed by atoms with van der Waals surface area (Å²) < 4.78 is 32.6. The van der Waals surface area contributed by atoms with E-state index < -0.39 is 10.0 Å². The molecule has 1 amide bonds. The monoisotopic (exact) mass is 404 g/mol. The molecule has 7 heteroatoms. The van der Waals surface area contributed by atoms with E-state index in [-0.39, 0.29) is 23.9 Å². The van der Waals surface area contributed by atoms with Gasteiger partial charge in [-0.3, -0.25) is 4.79 Å². The van der Waals surface area contributed by atoms with Gasteiger partial charge in [-0.2, -0.15) is 4.31 Å². The zero-order chi connectivity index (χ0) is 20.6. The van der Waals surface area contributed by atoms with Crippen LogP contribution in [0.5, 0.6) is 5.75 Å². The van der Waals surface area contributed by atoms with Crippen molar-refractivity contribution in [3.8, 4) is 5.75 Å². The molecule has 0 heterocycles. The smallest absolute Gasteiger partial charge is 0.243 e. The molecule has 0 aliphatic heterocycles. The highest BCUT2D eigenvalue weighted by molar-refractivity contribution is 7.89. The summed E-state index contributed by atoms with van der Waals surface area (Å²) in [6, 6.07) is 15.8. The van der Waals surface area contributed by atoms with Gasteiger partial charge in [0.2, 0.25) is 15.9 Å². The molecule has 0 aliphatic rings. The number of carbonyl (C=O) groups is 1. The van der Waals surface area contributed by atoms with Crippen molar-refractivity contribution in [3.63, 3.8) is 0 Å². The summed E-state index contributed by atoms with van der Waals surface area (Å²) in [4.78, 5) is 12.4. The normalized spacial score (nSPS) is 11.6. The molecule has 0 aliphatic carbocycles. The van der Waals surface area contributed by atoms with Gasteiger partial charge in [0.05, 0.1) is 18.6 Å². The van der Waals surface area contributed by atoms with E-state index in [0.717, 1.165) is 5.56 Å². The van der Waals surface area contributed by atoms with Crippen molar-refractivity contribution in [2.75, 3.05) is 26.7 Å². The summed E-state index contributed by atoms with van der Waals surface area (Å²) in [6.45, 7) is 4.48. The number of amides is 1. The van der Waals surface area contributed by atoms with Crippen LogP contribution >= 0.6 is 0 Å². The van der Waals surface area contributed by atoms with Crippen molar-refractivity contribution in [1.82, 2.24) is 9.62 Å². The quantitative estimate of drug-likeness (QED) is 0.661. The van der Waals surface area contributed by atoms with Gasteiger partial charge in [0.1, 0.15) is 5.75 Å². The van der Waals surface area contributed by atoms with Crippen LogP contribution in [0.4, 0.5) is 0 Å². The first-order valence-electron chi connectivity index (χ1n) is 9.27. The third-order valence-electron chi connectivity index (χ3n) is 4.22. The molecule has 2 rings (SSSR count). The second-order valence-electron chi connectivity index (χ2n) is 6.95. The maximum atomic E-state index is 13.1. The first-order chi connectivity index (χ1) is 13.3. The van der Waals surface area contributed by atoms with Gasteiger partial charge in [-0.1, -0.05) is 44.2 Å². The summed E-state index contributed by atoms with van der Waals surface area (Å²) >= 11 is 0. The van der Waals surface area contributed by atoms with Gasteiger partial charge in [-0.15, -0.1) is 0 Å². The van der Waals surface area contributed by atoms with Crippen LogP contribution < -0.4 is 10.1 Å². The maximum absolute atomic E-state index is 13.1. The number of nitrogens with zero attached hydrogens (tertiary/aromatic N) is 1. The van der Waals surface area contributed by atoms with Crippen LogP contribution in [0.1, 0.15) is 19.4 Å². The lowest BCUT2D eigenvalue weighted by Crippen LogP contribution is -2.42. The van der Waals surface area contributed by atoms with Crippen LogP contribution in [0.2, 0.25) is 0 Å². The Morgan fingerprint density at radius 3 is 2.29 bits per heavy atom. The van der Waals surface area contributed by atoms with E-state index >= 15 is 0 Å². The van der Waals surface area contributed by atoms with E-state index in [1.54, 1.807) is 12.1 Å². The Kier molecular flexibility index (Phi) is 8.02.